The maximum absolute atomic E-state index is 15.2. The number of hydrogen-bond donors (Lipinski definition) is 1. The van der Waals surface area contributed by atoms with E-state index in [1.807, 2.05) is 0 Å². The highest BCUT2D eigenvalue weighted by Crippen LogP contribution is 2.67. The van der Waals surface area contributed by atoms with Gasteiger partial charge in [0.1, 0.15) is 5.69 Å². The maximum atomic E-state index is 15.2. The molecular weight excluding hydrogens is 815 g/mol. The standard InChI is InChI=1S/C34H16Cl2F12N2O5/c35-31-9-16-13(4-5-14-18(16)28(53)49(27(14)52)12-7-10(33(43,44)45)6-11(8-12)34(46,47)48)19(15-2-1-3-17(37)26(15)51)32(31,36)30(55)50(29(31)54)25-23(41)21(39)20(38)22(40)24(25)42/h1-4,6-8,14,16,18-19,51H,5,9H2. The average Bonchev–Trinajstić information content (AvgIpc) is 3.45. The lowest BCUT2D eigenvalue weighted by Crippen LogP contribution is -2.60. The van der Waals surface area contributed by atoms with Crippen LogP contribution < -0.4 is 9.80 Å². The Morgan fingerprint density at radius 3 is 1.80 bits per heavy atom. The van der Waals surface area contributed by atoms with Crippen LogP contribution in [-0.2, 0) is 31.5 Å². The molecule has 7 rings (SSSR count). The molecule has 0 bridgehead atoms. The Labute approximate surface area is 308 Å². The van der Waals surface area contributed by atoms with E-state index < -0.39 is 156 Å². The van der Waals surface area contributed by atoms with Crippen molar-refractivity contribution in [3.63, 3.8) is 0 Å². The number of allylic oxidation sites excluding steroid dienone is 2. The van der Waals surface area contributed by atoms with Gasteiger partial charge < -0.3 is 5.11 Å². The highest BCUT2D eigenvalue weighted by molar-refractivity contribution is 6.58. The van der Waals surface area contributed by atoms with Gasteiger partial charge in [0.2, 0.25) is 17.6 Å². The zero-order valence-electron chi connectivity index (χ0n) is 26.5. The van der Waals surface area contributed by atoms with Gasteiger partial charge in [-0.2, -0.15) is 26.3 Å². The fraction of sp³-hybridized carbons (Fsp3) is 0.294. The number of nitrogens with zero attached hydrogens (tertiary/aromatic N) is 2. The monoisotopic (exact) mass is 830 g/mol. The molecular formula is C34H16Cl2F12N2O5. The van der Waals surface area contributed by atoms with E-state index in [1.165, 1.54) is 0 Å². The van der Waals surface area contributed by atoms with E-state index in [2.05, 4.69) is 0 Å². The van der Waals surface area contributed by atoms with Crippen LogP contribution in [0, 0.1) is 52.7 Å². The van der Waals surface area contributed by atoms with Crippen LogP contribution in [-0.4, -0.2) is 38.5 Å². The van der Waals surface area contributed by atoms with Gasteiger partial charge in [-0.15, -0.1) is 23.2 Å². The van der Waals surface area contributed by atoms with Crippen LogP contribution in [0.15, 0.2) is 48.0 Å². The number of imide groups is 2. The third-order valence-electron chi connectivity index (χ3n) is 10.4. The van der Waals surface area contributed by atoms with Crippen molar-refractivity contribution in [3.8, 4) is 5.75 Å². The summed E-state index contributed by atoms with van der Waals surface area (Å²) in [6.45, 7) is 0. The first-order valence-corrected chi connectivity index (χ1v) is 16.3. The lowest BCUT2D eigenvalue weighted by molar-refractivity contribution is -0.143. The largest absolute Gasteiger partial charge is 0.505 e. The number of fused-ring (bicyclic) bond motifs is 4. The minimum Gasteiger partial charge on any atom is -0.505 e. The molecule has 1 N–H and O–H groups in total. The molecule has 6 unspecified atom stereocenters. The van der Waals surface area contributed by atoms with Crippen molar-refractivity contribution in [2.24, 2.45) is 17.8 Å². The van der Waals surface area contributed by atoms with E-state index in [0.717, 1.165) is 18.2 Å². The van der Waals surface area contributed by atoms with E-state index in [-0.39, 0.29) is 28.7 Å². The van der Waals surface area contributed by atoms with Crippen LogP contribution in [0.2, 0.25) is 0 Å². The number of phenols is 1. The summed E-state index contributed by atoms with van der Waals surface area (Å²) in [7, 11) is 0. The summed E-state index contributed by atoms with van der Waals surface area (Å²) in [5.74, 6) is -29.8. The number of para-hydroxylation sites is 1. The number of anilines is 2. The number of aromatic hydroxyl groups is 1. The smallest absolute Gasteiger partial charge is 0.416 e. The molecule has 7 nitrogen and oxygen atoms in total. The van der Waals surface area contributed by atoms with Gasteiger partial charge >= 0.3 is 12.4 Å². The van der Waals surface area contributed by atoms with Crippen molar-refractivity contribution in [1.29, 1.82) is 0 Å². The van der Waals surface area contributed by atoms with Gasteiger partial charge in [0, 0.05) is 11.5 Å². The van der Waals surface area contributed by atoms with Crippen LogP contribution in [0.25, 0.3) is 0 Å². The predicted octanol–water partition coefficient (Wildman–Crippen LogP) is 8.03. The van der Waals surface area contributed by atoms with Crippen molar-refractivity contribution in [1.82, 2.24) is 0 Å². The number of halogens is 14. The number of amides is 4. The number of benzene rings is 3. The van der Waals surface area contributed by atoms with Gasteiger partial charge in [-0.25, -0.2) is 36.1 Å². The van der Waals surface area contributed by atoms with Gasteiger partial charge in [0.15, 0.2) is 44.6 Å². The first-order chi connectivity index (χ1) is 25.4. The summed E-state index contributed by atoms with van der Waals surface area (Å²) in [5.41, 5.74) is -8.00. The number of carbonyl (C=O) groups excluding carboxylic acids is 4. The highest BCUT2D eigenvalue weighted by atomic mass is 35.5. The predicted molar refractivity (Wildman–Crippen MR) is 163 cm³/mol. The molecule has 6 atom stereocenters. The molecule has 3 aromatic rings. The Hall–Kier alpha value is -4.78. The summed E-state index contributed by atoms with van der Waals surface area (Å²) >= 11 is 13.7. The maximum Gasteiger partial charge on any atom is 0.416 e. The molecule has 290 valence electrons. The van der Waals surface area contributed by atoms with E-state index in [9.17, 15) is 68.2 Å². The lowest BCUT2D eigenvalue weighted by atomic mass is 9.56. The molecule has 0 aromatic heterocycles. The van der Waals surface area contributed by atoms with Crippen LogP contribution >= 0.6 is 23.2 Å². The number of hydrogen-bond acceptors (Lipinski definition) is 5. The van der Waals surface area contributed by atoms with Crippen molar-refractivity contribution in [2.75, 3.05) is 9.80 Å². The number of phenolic OH excluding ortho intramolecular Hbond substituents is 1. The normalized spacial score (nSPS) is 28.1. The highest BCUT2D eigenvalue weighted by Gasteiger charge is 2.77. The second-order valence-corrected chi connectivity index (χ2v) is 14.4. The van der Waals surface area contributed by atoms with E-state index in [0.29, 0.717) is 6.07 Å². The van der Waals surface area contributed by atoms with Gasteiger partial charge in [-0.1, -0.05) is 23.8 Å². The molecule has 4 amide bonds. The molecule has 3 fully saturated rings. The van der Waals surface area contributed by atoms with Gasteiger partial charge in [-0.05, 0) is 43.0 Å². The van der Waals surface area contributed by atoms with Crippen LogP contribution in [0.3, 0.4) is 0 Å². The minimum absolute atomic E-state index is 0.0530. The number of carbonyl (C=O) groups is 4. The quantitative estimate of drug-likeness (QED) is 0.0721. The summed E-state index contributed by atoms with van der Waals surface area (Å²) in [4.78, 5) is 49.5. The summed E-state index contributed by atoms with van der Waals surface area (Å²) in [6.07, 6.45) is -11.4. The topological polar surface area (TPSA) is 95.0 Å². The van der Waals surface area contributed by atoms with Crippen molar-refractivity contribution in [2.45, 2.75) is 40.9 Å². The summed E-state index contributed by atoms with van der Waals surface area (Å²) in [6, 6.07) is 2.57. The van der Waals surface area contributed by atoms with Crippen molar-refractivity contribution < 1.29 is 77.0 Å². The van der Waals surface area contributed by atoms with Gasteiger partial charge in [0.25, 0.3) is 11.8 Å². The van der Waals surface area contributed by atoms with Crippen molar-refractivity contribution in [3.05, 3.63) is 99.6 Å². The average molecular weight is 831 g/mol. The van der Waals surface area contributed by atoms with Crippen LogP contribution in [0.1, 0.15) is 35.4 Å². The Balaban J connectivity index is 1.42. The zero-order valence-corrected chi connectivity index (χ0v) is 28.0. The number of rotatable bonds is 3. The van der Waals surface area contributed by atoms with Crippen molar-refractivity contribution >= 4 is 58.2 Å². The molecule has 2 aliphatic carbocycles. The Bertz CT molecular complexity index is 2250. The van der Waals surface area contributed by atoms with Crippen LogP contribution in [0.5, 0.6) is 5.75 Å². The summed E-state index contributed by atoms with van der Waals surface area (Å²) in [5, 5.41) is 10.9. The molecule has 0 spiro atoms. The minimum atomic E-state index is -5.40. The zero-order chi connectivity index (χ0) is 40.6. The fourth-order valence-corrected chi connectivity index (χ4v) is 8.93. The van der Waals surface area contributed by atoms with Gasteiger partial charge in [-0.3, -0.25) is 19.2 Å². The first kappa shape index (κ1) is 38.5. The second kappa shape index (κ2) is 12.1. The molecule has 0 radical (unpaired) electrons. The van der Waals surface area contributed by atoms with E-state index >= 15 is 8.78 Å². The molecule has 3 aromatic carbocycles. The Kier molecular flexibility index (Phi) is 8.47. The molecule has 1 saturated carbocycles. The molecule has 2 heterocycles. The first-order valence-electron chi connectivity index (χ1n) is 15.5. The Morgan fingerprint density at radius 1 is 0.709 bits per heavy atom. The van der Waals surface area contributed by atoms with Gasteiger partial charge in [0.05, 0.1) is 28.7 Å². The molecule has 2 saturated heterocycles. The summed E-state index contributed by atoms with van der Waals surface area (Å²) < 4.78 is 170. The second-order valence-electron chi connectivity index (χ2n) is 13.1. The lowest BCUT2D eigenvalue weighted by Gasteiger charge is -2.50. The Morgan fingerprint density at radius 2 is 1.25 bits per heavy atom. The third kappa shape index (κ3) is 5.13. The number of alkyl halides is 8. The fourth-order valence-electron chi connectivity index (χ4n) is 8.00. The molecule has 55 heavy (non-hydrogen) atoms. The van der Waals surface area contributed by atoms with Crippen LogP contribution in [0.4, 0.5) is 64.1 Å². The molecule has 4 aliphatic rings. The third-order valence-corrected chi connectivity index (χ3v) is 11.8. The van der Waals surface area contributed by atoms with E-state index in [4.69, 9.17) is 23.2 Å². The van der Waals surface area contributed by atoms with E-state index in [1.54, 1.807) is 0 Å². The molecule has 21 heteroatoms. The molecule has 2 aliphatic heterocycles. The SMILES string of the molecule is O=C1C2CC=C3C(CC4(Cl)C(=O)N(c5c(F)c(F)c(F)c(F)c5F)C(=O)C4(Cl)C3c3cccc(F)c3O)C2C(=O)N1c1cc(C(F)(F)F)cc(C(F)(F)F)c1.